The number of hydrogen-bond acceptors (Lipinski definition) is 3. The molecule has 122 valence electrons. The van der Waals surface area contributed by atoms with Crippen LogP contribution in [0.2, 0.25) is 0 Å². The smallest absolute Gasteiger partial charge is 0.247 e. The molecule has 1 unspecified atom stereocenters. The summed E-state index contributed by atoms with van der Waals surface area (Å²) in [4.78, 5) is 39.2. The van der Waals surface area contributed by atoms with E-state index in [0.717, 1.165) is 15.2 Å². The number of rotatable bonds is 4. The van der Waals surface area contributed by atoms with Gasteiger partial charge in [-0.3, -0.25) is 14.4 Å². The monoisotopic (exact) mass is 427 g/mol. The van der Waals surface area contributed by atoms with Crippen molar-refractivity contribution in [2.24, 2.45) is 0 Å². The fourth-order valence-electron chi connectivity index (χ4n) is 2.44. The van der Waals surface area contributed by atoms with Gasteiger partial charge >= 0.3 is 0 Å². The van der Waals surface area contributed by atoms with Crippen molar-refractivity contribution in [3.05, 3.63) is 46.1 Å². The van der Waals surface area contributed by atoms with Crippen molar-refractivity contribution in [3.63, 3.8) is 0 Å². The zero-order chi connectivity index (χ0) is 17.0. The summed E-state index contributed by atoms with van der Waals surface area (Å²) in [6.07, 6.45) is 1.16. The molecule has 1 heterocycles. The first kappa shape index (κ1) is 17.5. The molecule has 1 aliphatic heterocycles. The van der Waals surface area contributed by atoms with E-state index in [9.17, 15) is 14.4 Å². The van der Waals surface area contributed by atoms with Gasteiger partial charge in [0.15, 0.2) is 0 Å². The van der Waals surface area contributed by atoms with E-state index in [2.05, 4.69) is 34.5 Å². The average Bonchev–Trinajstić information content (AvgIpc) is 2.54. The SMILES string of the molecule is C=CC(=O)N(C)CC(=O)N1CCNC(=O)C1c1ccc(I)cc1. The summed E-state index contributed by atoms with van der Waals surface area (Å²) in [7, 11) is 1.53. The molecule has 0 aromatic heterocycles. The molecule has 23 heavy (non-hydrogen) atoms. The van der Waals surface area contributed by atoms with Crippen molar-refractivity contribution in [2.45, 2.75) is 6.04 Å². The number of benzene rings is 1. The number of carbonyl (C=O) groups is 3. The number of amides is 3. The van der Waals surface area contributed by atoms with Gasteiger partial charge in [0.25, 0.3) is 0 Å². The third kappa shape index (κ3) is 4.10. The van der Waals surface area contributed by atoms with Crippen LogP contribution in [0.15, 0.2) is 36.9 Å². The average molecular weight is 427 g/mol. The molecule has 1 atom stereocenters. The summed E-state index contributed by atoms with van der Waals surface area (Å²) in [6.45, 7) is 4.14. The number of piperazine rings is 1. The second kappa shape index (κ2) is 7.58. The molecule has 0 aliphatic carbocycles. The molecule has 1 saturated heterocycles. The number of carbonyl (C=O) groups excluding carboxylic acids is 3. The van der Waals surface area contributed by atoms with E-state index >= 15 is 0 Å². The summed E-state index contributed by atoms with van der Waals surface area (Å²) in [5.74, 6) is -0.796. The molecule has 1 aliphatic rings. The summed E-state index contributed by atoms with van der Waals surface area (Å²) in [5.41, 5.74) is 0.758. The molecule has 3 amide bonds. The number of likely N-dealkylation sites (N-methyl/N-ethyl adjacent to an activating group) is 1. The molecule has 1 aromatic rings. The fraction of sp³-hybridized carbons (Fsp3) is 0.312. The summed E-state index contributed by atoms with van der Waals surface area (Å²) in [6, 6.07) is 6.81. The first-order valence-electron chi connectivity index (χ1n) is 7.14. The standard InChI is InChI=1S/C16H18IN3O3/c1-3-13(21)19(2)10-14(22)20-9-8-18-16(23)15(20)11-4-6-12(17)7-5-11/h3-7,15H,1,8-10H2,2H3,(H,18,23). The highest BCUT2D eigenvalue weighted by atomic mass is 127. The van der Waals surface area contributed by atoms with Gasteiger partial charge in [0.2, 0.25) is 17.7 Å². The van der Waals surface area contributed by atoms with Crippen LogP contribution >= 0.6 is 22.6 Å². The number of halogens is 1. The van der Waals surface area contributed by atoms with Crippen LogP contribution < -0.4 is 5.32 Å². The highest BCUT2D eigenvalue weighted by Gasteiger charge is 2.34. The third-order valence-corrected chi connectivity index (χ3v) is 4.36. The molecule has 0 spiro atoms. The Morgan fingerprint density at radius 1 is 1.43 bits per heavy atom. The van der Waals surface area contributed by atoms with Crippen LogP contribution in [-0.2, 0) is 14.4 Å². The lowest BCUT2D eigenvalue weighted by Gasteiger charge is -2.36. The van der Waals surface area contributed by atoms with Crippen LogP contribution in [0.3, 0.4) is 0 Å². The normalized spacial score (nSPS) is 17.4. The lowest BCUT2D eigenvalue weighted by molar-refractivity contribution is -0.145. The van der Waals surface area contributed by atoms with Gasteiger partial charge in [-0.2, -0.15) is 0 Å². The van der Waals surface area contributed by atoms with E-state index in [1.807, 2.05) is 24.3 Å². The Hall–Kier alpha value is -1.90. The molecular weight excluding hydrogens is 409 g/mol. The van der Waals surface area contributed by atoms with Crippen molar-refractivity contribution < 1.29 is 14.4 Å². The number of hydrogen-bond donors (Lipinski definition) is 1. The van der Waals surface area contributed by atoms with Crippen molar-refractivity contribution in [2.75, 3.05) is 26.7 Å². The van der Waals surface area contributed by atoms with Crippen LogP contribution in [0.25, 0.3) is 0 Å². The summed E-state index contributed by atoms with van der Waals surface area (Å²) in [5, 5.41) is 2.79. The highest BCUT2D eigenvalue weighted by molar-refractivity contribution is 14.1. The minimum atomic E-state index is -0.666. The lowest BCUT2D eigenvalue weighted by atomic mass is 10.0. The maximum absolute atomic E-state index is 12.5. The van der Waals surface area contributed by atoms with E-state index in [0.29, 0.717) is 13.1 Å². The topological polar surface area (TPSA) is 69.7 Å². The van der Waals surface area contributed by atoms with E-state index in [4.69, 9.17) is 0 Å². The first-order chi connectivity index (χ1) is 10.9. The van der Waals surface area contributed by atoms with Gasteiger partial charge in [-0.25, -0.2) is 0 Å². The van der Waals surface area contributed by atoms with Crippen molar-refractivity contribution in [1.82, 2.24) is 15.1 Å². The molecule has 2 rings (SSSR count). The van der Waals surface area contributed by atoms with E-state index in [-0.39, 0.29) is 24.3 Å². The maximum Gasteiger partial charge on any atom is 0.247 e. The lowest BCUT2D eigenvalue weighted by Crippen LogP contribution is -2.54. The minimum absolute atomic E-state index is 0.0843. The first-order valence-corrected chi connectivity index (χ1v) is 8.22. The van der Waals surface area contributed by atoms with Crippen LogP contribution in [0.1, 0.15) is 11.6 Å². The van der Waals surface area contributed by atoms with E-state index in [1.54, 1.807) is 0 Å². The molecule has 0 bridgehead atoms. The Morgan fingerprint density at radius 2 is 2.09 bits per heavy atom. The van der Waals surface area contributed by atoms with Gasteiger partial charge in [0, 0.05) is 23.7 Å². The van der Waals surface area contributed by atoms with Crippen molar-refractivity contribution in [3.8, 4) is 0 Å². The number of nitrogens with zero attached hydrogens (tertiary/aromatic N) is 2. The number of nitrogens with one attached hydrogen (secondary N) is 1. The molecule has 0 radical (unpaired) electrons. The zero-order valence-electron chi connectivity index (χ0n) is 12.8. The van der Waals surface area contributed by atoms with Crippen molar-refractivity contribution in [1.29, 1.82) is 0 Å². The predicted molar refractivity (Wildman–Crippen MR) is 94.5 cm³/mol. The second-order valence-corrected chi connectivity index (χ2v) is 6.48. The zero-order valence-corrected chi connectivity index (χ0v) is 14.9. The van der Waals surface area contributed by atoms with Gasteiger partial charge in [-0.1, -0.05) is 18.7 Å². The van der Waals surface area contributed by atoms with Gasteiger partial charge in [-0.05, 0) is 46.4 Å². The molecule has 1 N–H and O–H groups in total. The largest absolute Gasteiger partial charge is 0.352 e. The Balaban J connectivity index is 2.21. The van der Waals surface area contributed by atoms with Gasteiger partial charge in [0.05, 0.1) is 6.54 Å². The quantitative estimate of drug-likeness (QED) is 0.575. The molecule has 0 saturated carbocycles. The molecule has 6 nitrogen and oxygen atoms in total. The third-order valence-electron chi connectivity index (χ3n) is 3.64. The second-order valence-electron chi connectivity index (χ2n) is 5.23. The maximum atomic E-state index is 12.5. The Labute approximate surface area is 148 Å². The Kier molecular flexibility index (Phi) is 5.75. The molecule has 1 aromatic carbocycles. The summed E-state index contributed by atoms with van der Waals surface area (Å²) < 4.78 is 1.05. The van der Waals surface area contributed by atoms with Gasteiger partial charge < -0.3 is 15.1 Å². The van der Waals surface area contributed by atoms with Crippen LogP contribution in [-0.4, -0.2) is 54.2 Å². The molecule has 1 fully saturated rings. The molecule has 7 heteroatoms. The Morgan fingerprint density at radius 3 is 2.70 bits per heavy atom. The summed E-state index contributed by atoms with van der Waals surface area (Å²) >= 11 is 2.18. The van der Waals surface area contributed by atoms with Gasteiger partial charge in [0.1, 0.15) is 6.04 Å². The molecular formula is C16H18IN3O3. The van der Waals surface area contributed by atoms with Crippen LogP contribution in [0.5, 0.6) is 0 Å². The van der Waals surface area contributed by atoms with Crippen LogP contribution in [0.4, 0.5) is 0 Å². The van der Waals surface area contributed by atoms with E-state index < -0.39 is 6.04 Å². The van der Waals surface area contributed by atoms with E-state index in [1.165, 1.54) is 16.8 Å². The highest BCUT2D eigenvalue weighted by Crippen LogP contribution is 2.24. The van der Waals surface area contributed by atoms with Crippen LogP contribution in [0, 0.1) is 3.57 Å². The fourth-order valence-corrected chi connectivity index (χ4v) is 2.80. The predicted octanol–water partition coefficient (Wildman–Crippen LogP) is 0.935. The van der Waals surface area contributed by atoms with Crippen molar-refractivity contribution >= 4 is 40.3 Å². The minimum Gasteiger partial charge on any atom is -0.352 e. The van der Waals surface area contributed by atoms with Gasteiger partial charge in [-0.15, -0.1) is 0 Å². The Bertz CT molecular complexity index is 630.